The van der Waals surface area contributed by atoms with E-state index in [9.17, 15) is 31.3 Å². The van der Waals surface area contributed by atoms with Gasteiger partial charge in [0.05, 0.1) is 0 Å². The molecule has 1 unspecified atom stereocenters. The lowest BCUT2D eigenvalue weighted by Gasteiger charge is -2.24. The molecule has 0 aliphatic rings. The van der Waals surface area contributed by atoms with Gasteiger partial charge in [0.1, 0.15) is 18.4 Å². The zero-order valence-corrected chi connectivity index (χ0v) is 21.8. The molecule has 0 radical (unpaired) electrons. The van der Waals surface area contributed by atoms with E-state index in [4.69, 9.17) is 13.8 Å². The number of rotatable bonds is 9. The van der Waals surface area contributed by atoms with Crippen molar-refractivity contribution in [2.75, 3.05) is 0 Å². The molecular weight excluding hydrogens is 532 g/mol. The molecule has 0 saturated heterocycles. The van der Waals surface area contributed by atoms with Gasteiger partial charge in [0.15, 0.2) is 0 Å². The summed E-state index contributed by atoms with van der Waals surface area (Å²) < 4.78 is 98.5. The van der Waals surface area contributed by atoms with Crippen LogP contribution < -0.4 is 14.1 Å². The van der Waals surface area contributed by atoms with Gasteiger partial charge in [-0.15, -0.1) is 0 Å². The summed E-state index contributed by atoms with van der Waals surface area (Å²) in [5.74, 6) is -14.7. The maximum Gasteiger partial charge on any atom is 0.513 e. The molecule has 0 aromatic heterocycles. The van der Waals surface area contributed by atoms with E-state index in [1.54, 1.807) is 42.5 Å². The molecule has 0 amide bonds. The third-order valence-electron chi connectivity index (χ3n) is 5.26. The molecular formula is C26H25F5NO5P. The third-order valence-corrected chi connectivity index (χ3v) is 6.83. The first-order chi connectivity index (χ1) is 17.7. The molecule has 2 atom stereocenters. The van der Waals surface area contributed by atoms with Crippen LogP contribution in [-0.2, 0) is 26.1 Å². The van der Waals surface area contributed by atoms with Gasteiger partial charge in [-0.3, -0.25) is 4.79 Å². The maximum absolute atomic E-state index is 14.3. The minimum atomic E-state index is -5.02. The van der Waals surface area contributed by atoms with Crippen molar-refractivity contribution in [3.63, 3.8) is 0 Å². The number of carbonyl (C=O) groups is 1. The summed E-state index contributed by atoms with van der Waals surface area (Å²) in [5.41, 5.74) is 1.24. The second-order valence-electron chi connectivity index (χ2n) is 9.30. The average Bonchev–Trinajstić information content (AvgIpc) is 2.87. The number of hydrogen-bond acceptors (Lipinski definition) is 5. The van der Waals surface area contributed by atoms with Gasteiger partial charge in [-0.1, -0.05) is 63.2 Å². The number of carbonyl (C=O) groups excluding carboxylic acids is 1. The molecule has 6 nitrogen and oxygen atoms in total. The Kier molecular flexibility index (Phi) is 8.84. The van der Waals surface area contributed by atoms with Gasteiger partial charge in [0, 0.05) is 0 Å². The monoisotopic (exact) mass is 557 g/mol. The van der Waals surface area contributed by atoms with Gasteiger partial charge < -0.3 is 13.8 Å². The molecule has 3 aromatic rings. The summed E-state index contributed by atoms with van der Waals surface area (Å²) in [6.07, 6.45) is 0. The normalized spacial score (nSPS) is 13.9. The van der Waals surface area contributed by atoms with Crippen LogP contribution >= 0.6 is 7.75 Å². The fourth-order valence-electron chi connectivity index (χ4n) is 3.15. The second kappa shape index (κ2) is 11.5. The van der Waals surface area contributed by atoms with Crippen LogP contribution in [0.15, 0.2) is 54.6 Å². The van der Waals surface area contributed by atoms with Crippen LogP contribution in [0.1, 0.15) is 38.8 Å². The Morgan fingerprint density at radius 1 is 0.842 bits per heavy atom. The van der Waals surface area contributed by atoms with Gasteiger partial charge in [-0.25, -0.2) is 17.7 Å². The molecule has 38 heavy (non-hydrogen) atoms. The second-order valence-corrected chi connectivity index (χ2v) is 10.9. The van der Waals surface area contributed by atoms with Crippen molar-refractivity contribution in [3.05, 3.63) is 94.8 Å². The Morgan fingerprint density at radius 2 is 1.37 bits per heavy atom. The predicted octanol–water partition coefficient (Wildman–Crippen LogP) is 6.97. The smallest absolute Gasteiger partial charge is 0.460 e. The molecule has 204 valence electrons. The van der Waals surface area contributed by atoms with Crippen molar-refractivity contribution < 1.29 is 45.1 Å². The summed E-state index contributed by atoms with van der Waals surface area (Å²) in [6, 6.07) is 13.1. The van der Waals surface area contributed by atoms with Crippen LogP contribution in [-0.4, -0.2) is 12.0 Å². The fraction of sp³-hybridized carbons (Fsp3) is 0.269. The molecule has 0 spiro atoms. The summed E-state index contributed by atoms with van der Waals surface area (Å²) in [5, 5.41) is 2.14. The van der Waals surface area contributed by atoms with Crippen molar-refractivity contribution in [2.24, 2.45) is 0 Å². The standard InChI is InChI=1S/C26H25F5NO5P/c1-15(25(33)35-14-16-8-6-5-7-9-16)32-38(34,36-18-12-10-17(11-13-18)26(2,3)4)37-24-22(30)20(28)19(27)21(29)23(24)31/h5-13,15H,14H2,1-4H3,(H,32,34)/t15-,38?/m0/s1. The topological polar surface area (TPSA) is 73.9 Å². The Bertz CT molecular complexity index is 1320. The van der Waals surface area contributed by atoms with E-state index in [1.807, 2.05) is 20.8 Å². The minimum Gasteiger partial charge on any atom is -0.460 e. The first kappa shape index (κ1) is 29.1. The van der Waals surface area contributed by atoms with E-state index in [0.717, 1.165) is 5.56 Å². The highest BCUT2D eigenvalue weighted by Crippen LogP contribution is 2.48. The van der Waals surface area contributed by atoms with Crippen LogP contribution in [0.2, 0.25) is 0 Å². The lowest BCUT2D eigenvalue weighted by Crippen LogP contribution is -2.36. The van der Waals surface area contributed by atoms with Crippen LogP contribution in [0, 0.1) is 29.1 Å². The van der Waals surface area contributed by atoms with Crippen LogP contribution in [0.4, 0.5) is 22.0 Å². The van der Waals surface area contributed by atoms with Crippen LogP contribution in [0.3, 0.4) is 0 Å². The van der Waals surface area contributed by atoms with E-state index in [1.165, 1.54) is 19.1 Å². The number of benzene rings is 3. The Labute approximate surface area is 216 Å². The predicted molar refractivity (Wildman–Crippen MR) is 129 cm³/mol. The summed E-state index contributed by atoms with van der Waals surface area (Å²) in [7, 11) is -5.02. The van der Waals surface area contributed by atoms with Crippen molar-refractivity contribution >= 4 is 13.7 Å². The van der Waals surface area contributed by atoms with Gasteiger partial charge in [-0.2, -0.15) is 13.9 Å². The zero-order chi connectivity index (χ0) is 28.3. The summed E-state index contributed by atoms with van der Waals surface area (Å²) in [6.45, 7) is 6.84. The molecule has 1 N–H and O–H groups in total. The lowest BCUT2D eigenvalue weighted by molar-refractivity contribution is -0.146. The summed E-state index contributed by atoms with van der Waals surface area (Å²) >= 11 is 0. The van der Waals surface area contributed by atoms with Crippen LogP contribution in [0.5, 0.6) is 11.5 Å². The average molecular weight is 557 g/mol. The molecule has 0 saturated carbocycles. The maximum atomic E-state index is 14.3. The van der Waals surface area contributed by atoms with Gasteiger partial charge in [-0.05, 0) is 35.6 Å². The quantitative estimate of drug-likeness (QED) is 0.101. The van der Waals surface area contributed by atoms with E-state index in [2.05, 4.69) is 5.09 Å². The number of halogens is 5. The van der Waals surface area contributed by atoms with Crippen molar-refractivity contribution in [1.82, 2.24) is 5.09 Å². The van der Waals surface area contributed by atoms with E-state index in [0.29, 0.717) is 5.56 Å². The molecule has 0 aliphatic carbocycles. The molecule has 3 rings (SSSR count). The van der Waals surface area contributed by atoms with Crippen LogP contribution in [0.25, 0.3) is 0 Å². The number of ether oxygens (including phenoxy) is 1. The first-order valence-electron chi connectivity index (χ1n) is 11.3. The largest absolute Gasteiger partial charge is 0.513 e. The highest BCUT2D eigenvalue weighted by molar-refractivity contribution is 7.52. The molecule has 0 fully saturated rings. The third kappa shape index (κ3) is 6.90. The molecule has 3 aromatic carbocycles. The number of nitrogens with one attached hydrogen (secondary N) is 1. The Morgan fingerprint density at radius 3 is 1.89 bits per heavy atom. The summed E-state index contributed by atoms with van der Waals surface area (Å²) in [4.78, 5) is 12.5. The number of esters is 1. The molecule has 12 heteroatoms. The van der Waals surface area contributed by atoms with E-state index < -0.39 is 54.6 Å². The Balaban J connectivity index is 1.91. The Hall–Kier alpha value is -3.43. The van der Waals surface area contributed by atoms with E-state index in [-0.39, 0.29) is 17.8 Å². The number of hydrogen-bond donors (Lipinski definition) is 1. The highest BCUT2D eigenvalue weighted by atomic mass is 31.2. The van der Waals surface area contributed by atoms with Gasteiger partial charge in [0.25, 0.3) is 0 Å². The molecule has 0 bridgehead atoms. The van der Waals surface area contributed by atoms with Gasteiger partial charge >= 0.3 is 13.7 Å². The minimum absolute atomic E-state index is 0.137. The fourth-order valence-corrected chi connectivity index (χ4v) is 4.68. The molecule has 0 heterocycles. The van der Waals surface area contributed by atoms with Gasteiger partial charge in [0.2, 0.25) is 34.8 Å². The van der Waals surface area contributed by atoms with E-state index >= 15 is 0 Å². The van der Waals surface area contributed by atoms with Crippen molar-refractivity contribution in [2.45, 2.75) is 45.8 Å². The highest BCUT2D eigenvalue weighted by Gasteiger charge is 2.38. The molecule has 0 aliphatic heterocycles. The SMILES string of the molecule is C[C@H](NP(=O)(Oc1ccc(C(C)(C)C)cc1)Oc1c(F)c(F)c(F)c(F)c1F)C(=O)OCc1ccccc1. The first-order valence-corrected chi connectivity index (χ1v) is 12.9. The van der Waals surface area contributed by atoms with Crippen molar-refractivity contribution in [1.29, 1.82) is 0 Å². The van der Waals surface area contributed by atoms with Crippen molar-refractivity contribution in [3.8, 4) is 11.5 Å². The zero-order valence-electron chi connectivity index (χ0n) is 20.9. The lowest BCUT2D eigenvalue weighted by atomic mass is 9.87.